The highest BCUT2D eigenvalue weighted by molar-refractivity contribution is 6.03. The molecule has 0 aliphatic rings. The molecule has 1 amide bonds. The molecule has 0 saturated heterocycles. The van der Waals surface area contributed by atoms with Crippen LogP contribution in [0.1, 0.15) is 23.7 Å². The average molecular weight is 266 g/mol. The minimum atomic E-state index is -0.163. The van der Waals surface area contributed by atoms with Gasteiger partial charge in [-0.15, -0.1) is 0 Å². The predicted molar refractivity (Wildman–Crippen MR) is 82.4 cm³/mol. The maximum atomic E-state index is 12.0. The second kappa shape index (κ2) is 6.15. The van der Waals surface area contributed by atoms with Crippen LogP contribution in [0.5, 0.6) is 0 Å². The maximum absolute atomic E-state index is 12.0. The van der Waals surface area contributed by atoms with Crippen LogP contribution in [0.15, 0.2) is 48.5 Å². The molecule has 2 aromatic rings. The van der Waals surface area contributed by atoms with Crippen molar-refractivity contribution < 1.29 is 4.79 Å². The van der Waals surface area contributed by atoms with Crippen LogP contribution in [0, 0.1) is 13.8 Å². The van der Waals surface area contributed by atoms with Gasteiger partial charge < -0.3 is 5.32 Å². The van der Waals surface area contributed by atoms with Crippen molar-refractivity contribution in [1.29, 1.82) is 0 Å². The zero-order valence-corrected chi connectivity index (χ0v) is 12.0. The van der Waals surface area contributed by atoms with Gasteiger partial charge in [0.15, 0.2) is 0 Å². The number of nitrogens with zero attached hydrogens (tertiary/aromatic N) is 1. The van der Waals surface area contributed by atoms with Crippen molar-refractivity contribution in [2.24, 2.45) is 0 Å². The van der Waals surface area contributed by atoms with Crippen LogP contribution in [0.25, 0.3) is 5.57 Å². The number of anilines is 1. The molecular weight excluding hydrogens is 248 g/mol. The summed E-state index contributed by atoms with van der Waals surface area (Å²) < 4.78 is 0. The van der Waals surface area contributed by atoms with Gasteiger partial charge in [0.1, 0.15) is 5.82 Å². The van der Waals surface area contributed by atoms with Gasteiger partial charge in [0.05, 0.1) is 0 Å². The summed E-state index contributed by atoms with van der Waals surface area (Å²) in [6.45, 7) is 5.81. The number of aryl methyl sites for hydroxylation is 2. The van der Waals surface area contributed by atoms with Gasteiger partial charge in [0.25, 0.3) is 0 Å². The standard InChI is InChI=1S/C17H18N2O/c1-12-9-14(3)18-16(10-12)19-17(20)11-13(2)15-7-5-4-6-8-15/h4-11H,1-3H3,(H,18,19,20)/b13-11+. The van der Waals surface area contributed by atoms with Gasteiger partial charge in [-0.3, -0.25) is 4.79 Å². The number of carbonyl (C=O) groups excluding carboxylic acids is 1. The lowest BCUT2D eigenvalue weighted by Gasteiger charge is -2.05. The van der Waals surface area contributed by atoms with Crippen LogP contribution in [0.4, 0.5) is 5.82 Å². The van der Waals surface area contributed by atoms with E-state index in [0.717, 1.165) is 22.4 Å². The SMILES string of the molecule is C/C(=C\C(=O)Nc1cc(C)cc(C)n1)c1ccccc1. The average Bonchev–Trinajstić information content (AvgIpc) is 2.38. The van der Waals surface area contributed by atoms with Crippen LogP contribution >= 0.6 is 0 Å². The van der Waals surface area contributed by atoms with E-state index in [9.17, 15) is 4.79 Å². The second-order valence-electron chi connectivity index (χ2n) is 4.85. The highest BCUT2D eigenvalue weighted by Crippen LogP contribution is 2.14. The number of pyridine rings is 1. The molecule has 0 spiro atoms. The molecule has 3 heteroatoms. The van der Waals surface area contributed by atoms with E-state index in [1.165, 1.54) is 0 Å². The highest BCUT2D eigenvalue weighted by atomic mass is 16.1. The zero-order chi connectivity index (χ0) is 14.5. The van der Waals surface area contributed by atoms with Crippen molar-refractivity contribution in [2.75, 3.05) is 5.32 Å². The Morgan fingerprint density at radius 1 is 1.15 bits per heavy atom. The Hall–Kier alpha value is -2.42. The molecule has 0 unspecified atom stereocenters. The zero-order valence-electron chi connectivity index (χ0n) is 12.0. The molecule has 0 radical (unpaired) electrons. The number of hydrogen-bond acceptors (Lipinski definition) is 2. The summed E-state index contributed by atoms with van der Waals surface area (Å²) in [6.07, 6.45) is 1.59. The van der Waals surface area contributed by atoms with E-state index in [1.807, 2.05) is 63.2 Å². The van der Waals surface area contributed by atoms with E-state index in [-0.39, 0.29) is 5.91 Å². The summed E-state index contributed by atoms with van der Waals surface area (Å²) in [5.41, 5.74) is 3.93. The van der Waals surface area contributed by atoms with Crippen molar-refractivity contribution >= 4 is 17.3 Å². The monoisotopic (exact) mass is 266 g/mol. The van der Waals surface area contributed by atoms with Gasteiger partial charge in [-0.25, -0.2) is 4.98 Å². The molecular formula is C17H18N2O. The minimum Gasteiger partial charge on any atom is -0.307 e. The van der Waals surface area contributed by atoms with E-state index >= 15 is 0 Å². The summed E-state index contributed by atoms with van der Waals surface area (Å²) in [4.78, 5) is 16.3. The fourth-order valence-electron chi connectivity index (χ4n) is 2.05. The van der Waals surface area contributed by atoms with Crippen molar-refractivity contribution in [3.8, 4) is 0 Å². The van der Waals surface area contributed by atoms with Crippen LogP contribution in [0.2, 0.25) is 0 Å². The van der Waals surface area contributed by atoms with Gasteiger partial charge in [0, 0.05) is 11.8 Å². The Labute approximate surface area is 119 Å². The van der Waals surface area contributed by atoms with Crippen LogP contribution < -0.4 is 5.32 Å². The quantitative estimate of drug-likeness (QED) is 0.860. The third-order valence-corrected chi connectivity index (χ3v) is 2.93. The molecule has 0 aliphatic heterocycles. The van der Waals surface area contributed by atoms with Gasteiger partial charge in [-0.1, -0.05) is 30.3 Å². The van der Waals surface area contributed by atoms with Crippen LogP contribution in [-0.2, 0) is 4.79 Å². The molecule has 0 atom stereocenters. The Kier molecular flexibility index (Phi) is 4.31. The number of nitrogens with one attached hydrogen (secondary N) is 1. The molecule has 0 saturated carbocycles. The molecule has 1 aromatic carbocycles. The highest BCUT2D eigenvalue weighted by Gasteiger charge is 2.03. The maximum Gasteiger partial charge on any atom is 0.249 e. The third kappa shape index (κ3) is 3.79. The summed E-state index contributed by atoms with van der Waals surface area (Å²) in [7, 11) is 0. The van der Waals surface area contributed by atoms with Crippen LogP contribution in [-0.4, -0.2) is 10.9 Å². The van der Waals surface area contributed by atoms with Crippen molar-refractivity contribution in [3.05, 3.63) is 65.4 Å². The number of aromatic nitrogens is 1. The van der Waals surface area contributed by atoms with Crippen molar-refractivity contribution in [3.63, 3.8) is 0 Å². The first kappa shape index (κ1) is 14.0. The fraction of sp³-hybridized carbons (Fsp3) is 0.176. The second-order valence-corrected chi connectivity index (χ2v) is 4.85. The Balaban J connectivity index is 2.12. The first-order chi connectivity index (χ1) is 9.54. The lowest BCUT2D eigenvalue weighted by molar-refractivity contribution is -0.111. The first-order valence-corrected chi connectivity index (χ1v) is 6.54. The fourth-order valence-corrected chi connectivity index (χ4v) is 2.05. The number of amides is 1. The molecule has 102 valence electrons. The molecule has 2 rings (SSSR count). The van der Waals surface area contributed by atoms with E-state index in [2.05, 4.69) is 10.3 Å². The van der Waals surface area contributed by atoms with E-state index in [1.54, 1.807) is 6.08 Å². The van der Waals surface area contributed by atoms with Crippen LogP contribution in [0.3, 0.4) is 0 Å². The normalized spacial score (nSPS) is 11.2. The third-order valence-electron chi connectivity index (χ3n) is 2.93. The van der Waals surface area contributed by atoms with E-state index < -0.39 is 0 Å². The lowest BCUT2D eigenvalue weighted by Crippen LogP contribution is -2.10. The Bertz CT molecular complexity index is 625. The van der Waals surface area contributed by atoms with Gasteiger partial charge >= 0.3 is 0 Å². The number of carbonyl (C=O) groups is 1. The topological polar surface area (TPSA) is 42.0 Å². The van der Waals surface area contributed by atoms with Crippen molar-refractivity contribution in [2.45, 2.75) is 20.8 Å². The molecule has 3 nitrogen and oxygen atoms in total. The predicted octanol–water partition coefficient (Wildman–Crippen LogP) is 3.74. The van der Waals surface area contributed by atoms with Gasteiger partial charge in [-0.2, -0.15) is 0 Å². The van der Waals surface area contributed by atoms with E-state index in [4.69, 9.17) is 0 Å². The summed E-state index contributed by atoms with van der Waals surface area (Å²) in [5, 5.41) is 2.80. The molecule has 0 bridgehead atoms. The number of rotatable bonds is 3. The molecule has 1 heterocycles. The Morgan fingerprint density at radius 2 is 1.85 bits per heavy atom. The Morgan fingerprint density at radius 3 is 2.50 bits per heavy atom. The van der Waals surface area contributed by atoms with Gasteiger partial charge in [0.2, 0.25) is 5.91 Å². The number of allylic oxidation sites excluding steroid dienone is 1. The number of benzene rings is 1. The molecule has 1 aromatic heterocycles. The van der Waals surface area contributed by atoms with Crippen molar-refractivity contribution in [1.82, 2.24) is 4.98 Å². The summed E-state index contributed by atoms with van der Waals surface area (Å²) in [6, 6.07) is 13.7. The largest absolute Gasteiger partial charge is 0.307 e. The minimum absolute atomic E-state index is 0.163. The molecule has 0 fully saturated rings. The smallest absolute Gasteiger partial charge is 0.249 e. The first-order valence-electron chi connectivity index (χ1n) is 6.54. The molecule has 20 heavy (non-hydrogen) atoms. The van der Waals surface area contributed by atoms with Gasteiger partial charge in [-0.05, 0) is 49.6 Å². The molecule has 0 aliphatic carbocycles. The molecule has 1 N–H and O–H groups in total. The number of hydrogen-bond donors (Lipinski definition) is 1. The summed E-state index contributed by atoms with van der Waals surface area (Å²) in [5.74, 6) is 0.425. The summed E-state index contributed by atoms with van der Waals surface area (Å²) >= 11 is 0. The lowest BCUT2D eigenvalue weighted by atomic mass is 10.1. The van der Waals surface area contributed by atoms with E-state index in [0.29, 0.717) is 5.82 Å².